The molecule has 0 saturated carbocycles. The SMILES string of the molecule is C#CN(/C=C\C(=N)N)C(C)C(O)C(O)C(O)CO. The van der Waals surface area contributed by atoms with E-state index in [0.29, 0.717) is 0 Å². The van der Waals surface area contributed by atoms with Crippen molar-refractivity contribution >= 4 is 5.84 Å². The maximum Gasteiger partial charge on any atom is 0.116 e. The predicted octanol–water partition coefficient (Wildman–Crippen LogP) is -2.21. The van der Waals surface area contributed by atoms with Crippen LogP contribution in [-0.2, 0) is 0 Å². The molecule has 0 aromatic rings. The lowest BCUT2D eigenvalue weighted by molar-refractivity contribution is -0.0914. The molecule has 0 rings (SSSR count). The second-order valence-corrected chi connectivity index (χ2v) is 3.78. The van der Waals surface area contributed by atoms with E-state index in [1.54, 1.807) is 0 Å². The molecule has 102 valence electrons. The van der Waals surface area contributed by atoms with Crippen LogP contribution in [0.1, 0.15) is 6.92 Å². The Labute approximate surface area is 106 Å². The van der Waals surface area contributed by atoms with Crippen LogP contribution >= 0.6 is 0 Å². The van der Waals surface area contributed by atoms with E-state index in [-0.39, 0.29) is 5.84 Å². The Morgan fingerprint density at radius 2 is 2.00 bits per heavy atom. The number of nitrogens with zero attached hydrogens (tertiary/aromatic N) is 1. The number of amidine groups is 1. The summed E-state index contributed by atoms with van der Waals surface area (Å²) in [6.45, 7) is 0.840. The van der Waals surface area contributed by atoms with E-state index in [1.165, 1.54) is 24.1 Å². The van der Waals surface area contributed by atoms with Gasteiger partial charge in [-0.3, -0.25) is 5.41 Å². The fourth-order valence-electron chi connectivity index (χ4n) is 1.24. The Bertz CT molecular complexity index is 340. The van der Waals surface area contributed by atoms with Gasteiger partial charge >= 0.3 is 0 Å². The van der Waals surface area contributed by atoms with E-state index >= 15 is 0 Å². The summed E-state index contributed by atoms with van der Waals surface area (Å²) in [4.78, 5) is 1.19. The number of aliphatic hydroxyl groups excluding tert-OH is 4. The minimum atomic E-state index is -1.54. The Balaban J connectivity index is 4.74. The zero-order valence-electron chi connectivity index (χ0n) is 10.1. The van der Waals surface area contributed by atoms with Crippen LogP contribution in [-0.4, -0.2) is 62.1 Å². The summed E-state index contributed by atoms with van der Waals surface area (Å²) in [5.41, 5.74) is 5.12. The molecule has 7 nitrogen and oxygen atoms in total. The number of nitrogens with two attached hydrogens (primary N) is 1. The monoisotopic (exact) mass is 257 g/mol. The first kappa shape index (κ1) is 16.4. The molecule has 0 aromatic carbocycles. The fourth-order valence-corrected chi connectivity index (χ4v) is 1.24. The van der Waals surface area contributed by atoms with Crippen molar-refractivity contribution in [1.29, 1.82) is 5.41 Å². The van der Waals surface area contributed by atoms with Crippen molar-refractivity contribution in [2.45, 2.75) is 31.3 Å². The van der Waals surface area contributed by atoms with Crippen LogP contribution in [0.5, 0.6) is 0 Å². The van der Waals surface area contributed by atoms with E-state index in [0.717, 1.165) is 0 Å². The zero-order valence-corrected chi connectivity index (χ0v) is 10.1. The first-order valence-electron chi connectivity index (χ1n) is 5.27. The lowest BCUT2D eigenvalue weighted by Crippen LogP contribution is -2.49. The standard InChI is InChI=1S/C11H19N3O4/c1-3-14(5-4-9(12)13)7(2)10(17)11(18)8(16)6-15/h1,4-5,7-8,10-11,15-18H,6H2,2H3,(H3,12,13)/b5-4-. The molecule has 0 aliphatic carbocycles. The van der Waals surface area contributed by atoms with E-state index < -0.39 is 31.0 Å². The summed E-state index contributed by atoms with van der Waals surface area (Å²) in [6.07, 6.45) is 3.37. The molecule has 0 fully saturated rings. The number of hydrogen-bond acceptors (Lipinski definition) is 6. The highest BCUT2D eigenvalue weighted by molar-refractivity contribution is 5.88. The van der Waals surface area contributed by atoms with E-state index in [9.17, 15) is 15.3 Å². The van der Waals surface area contributed by atoms with Crippen molar-refractivity contribution in [3.05, 3.63) is 12.3 Å². The van der Waals surface area contributed by atoms with Gasteiger partial charge in [-0.25, -0.2) is 0 Å². The van der Waals surface area contributed by atoms with Crippen molar-refractivity contribution in [2.24, 2.45) is 5.73 Å². The summed E-state index contributed by atoms with van der Waals surface area (Å²) in [7, 11) is 0. The average Bonchev–Trinajstić information content (AvgIpc) is 2.35. The summed E-state index contributed by atoms with van der Waals surface area (Å²) < 4.78 is 0. The van der Waals surface area contributed by atoms with Crippen LogP contribution < -0.4 is 5.73 Å². The summed E-state index contributed by atoms with van der Waals surface area (Å²) >= 11 is 0. The highest BCUT2D eigenvalue weighted by Crippen LogP contribution is 2.10. The third kappa shape index (κ3) is 4.73. The van der Waals surface area contributed by atoms with Crippen molar-refractivity contribution in [1.82, 2.24) is 4.90 Å². The van der Waals surface area contributed by atoms with Crippen LogP contribution in [0, 0.1) is 17.9 Å². The van der Waals surface area contributed by atoms with Gasteiger partial charge in [0.25, 0.3) is 0 Å². The molecule has 0 saturated heterocycles. The van der Waals surface area contributed by atoms with Crippen molar-refractivity contribution in [3.8, 4) is 12.5 Å². The molecule has 0 aliphatic heterocycles. The molecule has 0 spiro atoms. The van der Waals surface area contributed by atoms with Gasteiger partial charge in [0.15, 0.2) is 0 Å². The number of nitrogens with one attached hydrogen (secondary N) is 1. The molecule has 4 unspecified atom stereocenters. The third-order valence-electron chi connectivity index (χ3n) is 2.43. The minimum Gasteiger partial charge on any atom is -0.394 e. The fraction of sp³-hybridized carbons (Fsp3) is 0.545. The molecule has 0 bridgehead atoms. The van der Waals surface area contributed by atoms with E-state index in [2.05, 4.69) is 6.04 Å². The molecule has 18 heavy (non-hydrogen) atoms. The van der Waals surface area contributed by atoms with Gasteiger partial charge in [0.2, 0.25) is 0 Å². The second kappa shape index (κ2) is 7.68. The van der Waals surface area contributed by atoms with Crippen LogP contribution in [0.15, 0.2) is 12.3 Å². The third-order valence-corrected chi connectivity index (χ3v) is 2.43. The first-order chi connectivity index (χ1) is 8.34. The number of aliphatic hydroxyl groups is 4. The van der Waals surface area contributed by atoms with Crippen LogP contribution in [0.3, 0.4) is 0 Å². The number of terminal acetylenes is 1. The predicted molar refractivity (Wildman–Crippen MR) is 66.3 cm³/mol. The smallest absolute Gasteiger partial charge is 0.116 e. The van der Waals surface area contributed by atoms with Gasteiger partial charge < -0.3 is 31.1 Å². The molecular formula is C11H19N3O4. The van der Waals surface area contributed by atoms with Gasteiger partial charge in [-0.2, -0.15) is 0 Å². The van der Waals surface area contributed by atoms with Gasteiger partial charge in [0.05, 0.1) is 12.6 Å². The Hall–Kier alpha value is -1.59. The normalized spacial score (nSPS) is 17.8. The van der Waals surface area contributed by atoms with Crippen LogP contribution in [0.4, 0.5) is 0 Å². The van der Waals surface area contributed by atoms with Gasteiger partial charge in [0, 0.05) is 12.2 Å². The largest absolute Gasteiger partial charge is 0.394 e. The Kier molecular flexibility index (Phi) is 7.00. The average molecular weight is 257 g/mol. The molecule has 0 heterocycles. The first-order valence-corrected chi connectivity index (χ1v) is 5.27. The topological polar surface area (TPSA) is 134 Å². The molecule has 7 N–H and O–H groups in total. The number of hydrogen-bond donors (Lipinski definition) is 6. The van der Waals surface area contributed by atoms with Gasteiger partial charge in [-0.05, 0) is 13.0 Å². The molecule has 0 amide bonds. The van der Waals surface area contributed by atoms with E-state index in [4.69, 9.17) is 22.7 Å². The summed E-state index contributed by atoms with van der Waals surface area (Å²) in [6, 6.07) is 1.49. The van der Waals surface area contributed by atoms with Crippen LogP contribution in [0.2, 0.25) is 0 Å². The quantitative estimate of drug-likeness (QED) is 0.133. The summed E-state index contributed by atoms with van der Waals surface area (Å²) in [5, 5.41) is 44.2. The van der Waals surface area contributed by atoms with Gasteiger partial charge in [0.1, 0.15) is 24.1 Å². The minimum absolute atomic E-state index is 0.215. The molecular weight excluding hydrogens is 238 g/mol. The maximum absolute atomic E-state index is 9.78. The van der Waals surface area contributed by atoms with Crippen molar-refractivity contribution in [2.75, 3.05) is 6.61 Å². The van der Waals surface area contributed by atoms with E-state index in [1.807, 2.05) is 0 Å². The van der Waals surface area contributed by atoms with Gasteiger partial charge in [-0.15, -0.1) is 0 Å². The Morgan fingerprint density at radius 1 is 1.44 bits per heavy atom. The molecule has 7 heteroatoms. The summed E-state index contributed by atoms with van der Waals surface area (Å²) in [5.74, 6) is -0.215. The molecule has 4 atom stereocenters. The second-order valence-electron chi connectivity index (χ2n) is 3.78. The highest BCUT2D eigenvalue weighted by Gasteiger charge is 2.30. The van der Waals surface area contributed by atoms with Gasteiger partial charge in [-0.1, -0.05) is 6.42 Å². The maximum atomic E-state index is 9.78. The molecule has 0 aliphatic rings. The zero-order chi connectivity index (χ0) is 14.3. The van der Waals surface area contributed by atoms with Crippen molar-refractivity contribution < 1.29 is 20.4 Å². The Morgan fingerprint density at radius 3 is 2.39 bits per heavy atom. The lowest BCUT2D eigenvalue weighted by Gasteiger charge is -2.30. The molecule has 0 radical (unpaired) electrons. The van der Waals surface area contributed by atoms with Crippen LogP contribution in [0.25, 0.3) is 0 Å². The van der Waals surface area contributed by atoms with Crippen molar-refractivity contribution in [3.63, 3.8) is 0 Å². The molecule has 0 aromatic heterocycles. The number of rotatable bonds is 7. The highest BCUT2D eigenvalue weighted by atomic mass is 16.4. The lowest BCUT2D eigenvalue weighted by atomic mass is 10.0.